The molecule has 0 radical (unpaired) electrons. The number of hydrogen-bond donors (Lipinski definition) is 0. The maximum absolute atomic E-state index is 13.0. The number of anilines is 1. The Labute approximate surface area is 167 Å². The van der Waals surface area contributed by atoms with Crippen molar-refractivity contribution in [2.75, 3.05) is 4.90 Å². The molecule has 28 heavy (non-hydrogen) atoms. The van der Waals surface area contributed by atoms with E-state index < -0.39 is 6.04 Å². The van der Waals surface area contributed by atoms with Crippen LogP contribution in [0.5, 0.6) is 0 Å². The van der Waals surface area contributed by atoms with Crippen LogP contribution in [0.25, 0.3) is 0 Å². The molecule has 2 aliphatic rings. The molecular formula is C21H17ClN4O2. The van der Waals surface area contributed by atoms with E-state index in [0.717, 1.165) is 17.0 Å². The van der Waals surface area contributed by atoms with E-state index in [9.17, 15) is 9.59 Å². The number of benzene rings is 2. The molecule has 0 spiro atoms. The van der Waals surface area contributed by atoms with Gasteiger partial charge in [-0.1, -0.05) is 41.9 Å². The zero-order valence-corrected chi connectivity index (χ0v) is 15.7. The first-order valence-electron chi connectivity index (χ1n) is 9.09. The predicted octanol–water partition coefficient (Wildman–Crippen LogP) is 3.48. The maximum Gasteiger partial charge on any atom is 0.332 e. The van der Waals surface area contributed by atoms with E-state index in [0.29, 0.717) is 30.2 Å². The minimum Gasteiger partial charge on any atom is -0.328 e. The number of imidazole rings is 1. The number of hydrogen-bond acceptors (Lipinski definition) is 3. The van der Waals surface area contributed by atoms with Gasteiger partial charge in [0.2, 0.25) is 0 Å². The van der Waals surface area contributed by atoms with Crippen LogP contribution in [0.15, 0.2) is 60.9 Å². The van der Waals surface area contributed by atoms with E-state index in [1.807, 2.05) is 18.2 Å². The number of carbonyl (C=O) groups excluding carboxylic acids is 2. The first kappa shape index (κ1) is 17.0. The number of imide groups is 1. The zero-order valence-electron chi connectivity index (χ0n) is 15.0. The monoisotopic (exact) mass is 392 g/mol. The van der Waals surface area contributed by atoms with Crippen LogP contribution in [0, 0.1) is 0 Å². The van der Waals surface area contributed by atoms with Crippen molar-refractivity contribution in [3.05, 3.63) is 82.9 Å². The summed E-state index contributed by atoms with van der Waals surface area (Å²) < 4.78 is 2.06. The van der Waals surface area contributed by atoms with Crippen LogP contribution >= 0.6 is 11.6 Å². The maximum atomic E-state index is 13.0. The van der Waals surface area contributed by atoms with Crippen LogP contribution in [-0.4, -0.2) is 32.4 Å². The van der Waals surface area contributed by atoms with Gasteiger partial charge in [-0.2, -0.15) is 0 Å². The molecule has 3 aromatic rings. The number of aromatic nitrogens is 2. The molecule has 1 aromatic heterocycles. The van der Waals surface area contributed by atoms with Crippen LogP contribution in [0.3, 0.4) is 0 Å². The van der Waals surface area contributed by atoms with Gasteiger partial charge in [-0.25, -0.2) is 14.7 Å². The van der Waals surface area contributed by atoms with Crippen LogP contribution in [0.2, 0.25) is 5.02 Å². The molecule has 1 unspecified atom stereocenters. The van der Waals surface area contributed by atoms with Crippen LogP contribution in [-0.2, 0) is 24.3 Å². The van der Waals surface area contributed by atoms with Gasteiger partial charge in [0.25, 0.3) is 5.91 Å². The molecule has 1 atom stereocenters. The van der Waals surface area contributed by atoms with E-state index in [4.69, 9.17) is 11.6 Å². The normalized spacial score (nSPS) is 18.4. The molecule has 6 nitrogen and oxygen atoms in total. The molecule has 3 amide bonds. The predicted molar refractivity (Wildman–Crippen MR) is 105 cm³/mol. The molecule has 2 aromatic carbocycles. The van der Waals surface area contributed by atoms with Crippen molar-refractivity contribution in [3.8, 4) is 0 Å². The van der Waals surface area contributed by atoms with E-state index >= 15 is 0 Å². The Bertz CT molecular complexity index is 1060. The van der Waals surface area contributed by atoms with Gasteiger partial charge in [0, 0.05) is 18.0 Å². The minimum atomic E-state index is -0.504. The number of fused-ring (bicyclic) bond motifs is 2. The zero-order chi connectivity index (χ0) is 19.3. The third-order valence-corrected chi connectivity index (χ3v) is 5.59. The largest absolute Gasteiger partial charge is 0.332 e. The van der Waals surface area contributed by atoms with Crippen molar-refractivity contribution in [1.82, 2.24) is 14.5 Å². The lowest BCUT2D eigenvalue weighted by Crippen LogP contribution is -2.40. The van der Waals surface area contributed by atoms with Gasteiger partial charge >= 0.3 is 6.03 Å². The number of halogens is 1. The second-order valence-corrected chi connectivity index (χ2v) is 7.47. The summed E-state index contributed by atoms with van der Waals surface area (Å²) in [5.74, 6) is -0.212. The molecule has 7 heteroatoms. The van der Waals surface area contributed by atoms with Crippen molar-refractivity contribution < 1.29 is 9.59 Å². The Kier molecular flexibility index (Phi) is 3.94. The Morgan fingerprint density at radius 1 is 1.04 bits per heavy atom. The summed E-state index contributed by atoms with van der Waals surface area (Å²) in [6.45, 7) is 1.06. The van der Waals surface area contributed by atoms with E-state index in [2.05, 4.69) is 21.7 Å². The fraction of sp³-hybridized carbons (Fsp3) is 0.190. The Morgan fingerprint density at radius 3 is 2.54 bits per heavy atom. The van der Waals surface area contributed by atoms with E-state index in [1.54, 1.807) is 35.5 Å². The molecule has 5 rings (SSSR count). The van der Waals surface area contributed by atoms with Crippen molar-refractivity contribution >= 4 is 29.2 Å². The number of rotatable bonds is 3. The number of urea groups is 1. The molecule has 2 aliphatic heterocycles. The van der Waals surface area contributed by atoms with Crippen molar-refractivity contribution in [2.45, 2.75) is 25.6 Å². The molecule has 140 valence electrons. The highest BCUT2D eigenvalue weighted by atomic mass is 35.5. The van der Waals surface area contributed by atoms with Crippen LogP contribution < -0.4 is 4.90 Å². The third-order valence-electron chi connectivity index (χ3n) is 5.34. The SMILES string of the molecule is O=C1C2Cc3ncn(Cc4ccccc4)c3CN2C(=O)N1c1ccc(Cl)cc1. The molecule has 3 heterocycles. The minimum absolute atomic E-state index is 0.212. The summed E-state index contributed by atoms with van der Waals surface area (Å²) >= 11 is 5.93. The van der Waals surface area contributed by atoms with E-state index in [1.165, 1.54) is 4.90 Å². The summed E-state index contributed by atoms with van der Waals surface area (Å²) in [4.78, 5) is 33.3. The smallest absolute Gasteiger partial charge is 0.328 e. The molecular weight excluding hydrogens is 376 g/mol. The molecule has 1 fully saturated rings. The summed E-state index contributed by atoms with van der Waals surface area (Å²) in [6.07, 6.45) is 2.23. The second kappa shape index (κ2) is 6.49. The molecule has 0 bridgehead atoms. The van der Waals surface area contributed by atoms with E-state index in [-0.39, 0.29) is 11.9 Å². The lowest BCUT2D eigenvalue weighted by Gasteiger charge is -2.27. The summed E-state index contributed by atoms with van der Waals surface area (Å²) in [7, 11) is 0. The summed E-state index contributed by atoms with van der Waals surface area (Å²) in [5.41, 5.74) is 3.57. The fourth-order valence-corrected chi connectivity index (χ4v) is 4.03. The van der Waals surface area contributed by atoms with Gasteiger partial charge in [-0.3, -0.25) is 4.79 Å². The summed E-state index contributed by atoms with van der Waals surface area (Å²) in [5, 5.41) is 0.562. The average Bonchev–Trinajstić information content (AvgIpc) is 3.21. The van der Waals surface area contributed by atoms with Gasteiger partial charge in [0.05, 0.1) is 29.9 Å². The van der Waals surface area contributed by atoms with Crippen molar-refractivity contribution in [2.24, 2.45) is 0 Å². The lowest BCUT2D eigenvalue weighted by atomic mass is 10.0. The molecule has 1 saturated heterocycles. The van der Waals surface area contributed by atoms with Crippen LogP contribution in [0.1, 0.15) is 17.0 Å². The first-order valence-corrected chi connectivity index (χ1v) is 9.46. The highest BCUT2D eigenvalue weighted by Crippen LogP contribution is 2.33. The molecule has 0 aliphatic carbocycles. The average molecular weight is 393 g/mol. The first-order chi connectivity index (χ1) is 13.6. The Morgan fingerprint density at radius 2 is 1.79 bits per heavy atom. The molecule has 0 saturated carbocycles. The number of carbonyl (C=O) groups is 2. The van der Waals surface area contributed by atoms with Gasteiger partial charge in [0.15, 0.2) is 0 Å². The van der Waals surface area contributed by atoms with Gasteiger partial charge in [-0.15, -0.1) is 0 Å². The van der Waals surface area contributed by atoms with Crippen LogP contribution in [0.4, 0.5) is 10.5 Å². The topological polar surface area (TPSA) is 58.4 Å². The van der Waals surface area contributed by atoms with Gasteiger partial charge in [-0.05, 0) is 29.8 Å². The third kappa shape index (κ3) is 2.68. The number of nitrogens with zero attached hydrogens (tertiary/aromatic N) is 4. The quantitative estimate of drug-likeness (QED) is 0.641. The van der Waals surface area contributed by atoms with Gasteiger partial charge < -0.3 is 9.47 Å². The van der Waals surface area contributed by atoms with Gasteiger partial charge in [0.1, 0.15) is 6.04 Å². The standard InChI is InChI=1S/C21H17ClN4O2/c22-15-6-8-16(9-7-15)26-20(27)18-10-17-19(12-25(18)21(26)28)24(13-23-17)11-14-4-2-1-3-5-14/h1-9,13,18H,10-12H2. The lowest BCUT2D eigenvalue weighted by molar-refractivity contribution is -0.120. The molecule has 0 N–H and O–H groups in total. The Hall–Kier alpha value is -3.12. The summed E-state index contributed by atoms with van der Waals surface area (Å²) in [6, 6.07) is 16.1. The van der Waals surface area contributed by atoms with Crippen molar-refractivity contribution in [3.63, 3.8) is 0 Å². The Balaban J connectivity index is 1.44. The highest BCUT2D eigenvalue weighted by Gasteiger charge is 2.48. The number of amides is 3. The van der Waals surface area contributed by atoms with Crippen molar-refractivity contribution in [1.29, 1.82) is 0 Å². The fourth-order valence-electron chi connectivity index (χ4n) is 3.90. The second-order valence-electron chi connectivity index (χ2n) is 7.03. The highest BCUT2D eigenvalue weighted by molar-refractivity contribution is 6.30.